The summed E-state index contributed by atoms with van der Waals surface area (Å²) >= 11 is 7.30. The Morgan fingerprint density at radius 3 is 1.15 bits per heavy atom. The Morgan fingerprint density at radius 2 is 1.15 bits per heavy atom. The summed E-state index contributed by atoms with van der Waals surface area (Å²) < 4.78 is 0. The topological polar surface area (TPSA) is 190 Å². The molecule has 20 heavy (non-hydrogen) atoms. The zero-order chi connectivity index (χ0) is 16.9. The van der Waals surface area contributed by atoms with Crippen molar-refractivity contribution in [2.24, 2.45) is 17.2 Å². The number of carboxylic acid groups (broad SMARTS) is 3. The van der Waals surface area contributed by atoms with E-state index in [-0.39, 0.29) is 17.2 Å². The molecule has 0 radical (unpaired) electrons. The van der Waals surface area contributed by atoms with Crippen molar-refractivity contribution < 1.29 is 29.7 Å². The highest BCUT2D eigenvalue weighted by atomic mass is 32.1. The lowest BCUT2D eigenvalue weighted by molar-refractivity contribution is -0.138. The van der Waals surface area contributed by atoms with Gasteiger partial charge in [0.15, 0.2) is 0 Å². The van der Waals surface area contributed by atoms with E-state index in [2.05, 4.69) is 37.6 Å². The molecule has 0 aromatic rings. The van der Waals surface area contributed by atoms with Gasteiger partial charge in [0.25, 0.3) is 0 Å². The van der Waals surface area contributed by atoms with E-state index in [0.717, 1.165) is 0 Å². The second-order valence-electron chi connectivity index (χ2n) is 3.09. The average Bonchev–Trinajstić information content (AvgIpc) is 2.37. The summed E-state index contributed by atoms with van der Waals surface area (Å²) in [7, 11) is 0. The first-order valence-electron chi connectivity index (χ1n) is 4.87. The van der Waals surface area contributed by atoms with E-state index in [1.807, 2.05) is 0 Å². The van der Waals surface area contributed by atoms with Crippen molar-refractivity contribution in [3.8, 4) is 0 Å². The molecule has 9 nitrogen and oxygen atoms in total. The predicted octanol–water partition coefficient (Wildman–Crippen LogP) is -1.80. The van der Waals surface area contributed by atoms with E-state index in [1.54, 1.807) is 0 Å². The number of nitrogens with two attached hydrogens (primary N) is 3. The van der Waals surface area contributed by atoms with Gasteiger partial charge in [0.2, 0.25) is 0 Å². The lowest BCUT2D eigenvalue weighted by atomic mass is 10.4. The van der Waals surface area contributed by atoms with E-state index in [9.17, 15) is 14.4 Å². The van der Waals surface area contributed by atoms with E-state index >= 15 is 0 Å². The van der Waals surface area contributed by atoms with Gasteiger partial charge in [-0.3, -0.25) is 9.59 Å². The van der Waals surface area contributed by atoms with E-state index in [1.165, 1.54) is 0 Å². The highest BCUT2D eigenvalue weighted by Crippen LogP contribution is 1.80. The lowest BCUT2D eigenvalue weighted by Crippen LogP contribution is -2.31. The Kier molecular flexibility index (Phi) is 16.5. The second kappa shape index (κ2) is 14.0. The van der Waals surface area contributed by atoms with Crippen molar-refractivity contribution in [2.75, 3.05) is 11.5 Å². The maximum atomic E-state index is 9.76. The zero-order valence-electron chi connectivity index (χ0n) is 10.5. The van der Waals surface area contributed by atoms with Gasteiger partial charge in [-0.05, 0) is 0 Å². The van der Waals surface area contributed by atoms with Crippen LogP contribution in [0.3, 0.4) is 0 Å². The van der Waals surface area contributed by atoms with Gasteiger partial charge in [-0.1, -0.05) is 6.58 Å². The SMILES string of the molecule is C=C(N)C(=O)O.N[C@@H](CS)C(=O)O.N[C@@H](CS)C(=O)O. The quantitative estimate of drug-likeness (QED) is 0.212. The number of hydrogen-bond donors (Lipinski definition) is 8. The molecule has 0 bridgehead atoms. The van der Waals surface area contributed by atoms with Crippen LogP contribution in [0.15, 0.2) is 12.3 Å². The predicted molar refractivity (Wildman–Crippen MR) is 79.9 cm³/mol. The maximum absolute atomic E-state index is 9.76. The van der Waals surface area contributed by atoms with Crippen LogP contribution in [0.25, 0.3) is 0 Å². The Bertz CT molecular complexity index is 308. The fourth-order valence-corrected chi connectivity index (χ4v) is 0.469. The standard InChI is InChI=1S/2C3H7NO2S.C3H5NO2/c2*4-2(1-7)3(5)6;1-2(4)3(5)6/h2*2,7H,1,4H2,(H,5,6);1,4H2,(H,5,6)/t2*2-;/m00./s1. The van der Waals surface area contributed by atoms with Crippen molar-refractivity contribution in [1.82, 2.24) is 0 Å². The molecule has 118 valence electrons. The molecule has 0 aromatic heterocycles. The van der Waals surface area contributed by atoms with Crippen LogP contribution in [0.5, 0.6) is 0 Å². The van der Waals surface area contributed by atoms with Crippen molar-refractivity contribution in [3.63, 3.8) is 0 Å². The molecule has 0 spiro atoms. The van der Waals surface area contributed by atoms with Crippen molar-refractivity contribution in [2.45, 2.75) is 12.1 Å². The molecule has 0 amide bonds. The number of carboxylic acids is 3. The van der Waals surface area contributed by atoms with Gasteiger partial charge in [0, 0.05) is 11.5 Å². The fourth-order valence-electron chi connectivity index (χ4n) is 0.156. The van der Waals surface area contributed by atoms with Gasteiger partial charge in [0.1, 0.15) is 17.8 Å². The van der Waals surface area contributed by atoms with Crippen LogP contribution in [-0.4, -0.2) is 56.8 Å². The lowest BCUT2D eigenvalue weighted by Gasteiger charge is -1.96. The molecule has 0 rings (SSSR count). The minimum Gasteiger partial charge on any atom is -0.480 e. The summed E-state index contributed by atoms with van der Waals surface area (Å²) in [5.41, 5.74) is 14.2. The monoisotopic (exact) mass is 329 g/mol. The maximum Gasteiger partial charge on any atom is 0.351 e. The largest absolute Gasteiger partial charge is 0.480 e. The molecule has 2 atom stereocenters. The number of thiol groups is 2. The first kappa shape index (κ1) is 23.6. The van der Waals surface area contributed by atoms with Gasteiger partial charge in [-0.25, -0.2) is 4.79 Å². The first-order valence-corrected chi connectivity index (χ1v) is 6.13. The summed E-state index contributed by atoms with van der Waals surface area (Å²) in [4.78, 5) is 29.0. The molecule has 0 aliphatic carbocycles. The molecular weight excluding hydrogens is 310 g/mol. The molecule has 0 saturated heterocycles. The summed E-state index contributed by atoms with van der Waals surface area (Å²) in [6.45, 7) is 2.93. The average molecular weight is 329 g/mol. The Morgan fingerprint density at radius 1 is 0.950 bits per heavy atom. The molecule has 9 N–H and O–H groups in total. The Hall–Kier alpha value is -1.43. The highest BCUT2D eigenvalue weighted by Gasteiger charge is 2.06. The summed E-state index contributed by atoms with van der Waals surface area (Å²) in [6, 6.07) is -1.63. The minimum atomic E-state index is -1.16. The van der Waals surface area contributed by atoms with Crippen LogP contribution in [0.1, 0.15) is 0 Å². The molecule has 0 aromatic carbocycles. The molecular formula is C9H19N3O6S2. The summed E-state index contributed by atoms with van der Waals surface area (Å²) in [5.74, 6) is -2.79. The van der Waals surface area contributed by atoms with Crippen LogP contribution in [-0.2, 0) is 14.4 Å². The number of carbonyl (C=O) groups is 3. The van der Waals surface area contributed by atoms with Gasteiger partial charge >= 0.3 is 17.9 Å². The minimum absolute atomic E-state index is 0.190. The zero-order valence-corrected chi connectivity index (χ0v) is 12.3. The third kappa shape index (κ3) is 18.9. The van der Waals surface area contributed by atoms with E-state index in [0.29, 0.717) is 0 Å². The van der Waals surface area contributed by atoms with Gasteiger partial charge in [-0.2, -0.15) is 25.3 Å². The smallest absolute Gasteiger partial charge is 0.351 e. The van der Waals surface area contributed by atoms with Crippen LogP contribution < -0.4 is 17.2 Å². The second-order valence-corrected chi connectivity index (χ2v) is 3.82. The van der Waals surface area contributed by atoms with Crippen LogP contribution in [0.4, 0.5) is 0 Å². The third-order valence-electron chi connectivity index (χ3n) is 1.30. The van der Waals surface area contributed by atoms with E-state index in [4.69, 9.17) is 26.8 Å². The van der Waals surface area contributed by atoms with Crippen molar-refractivity contribution in [3.05, 3.63) is 12.3 Å². The van der Waals surface area contributed by atoms with Crippen LogP contribution >= 0.6 is 25.3 Å². The van der Waals surface area contributed by atoms with Gasteiger partial charge < -0.3 is 32.5 Å². The molecule has 0 aliphatic heterocycles. The van der Waals surface area contributed by atoms with E-state index < -0.39 is 30.0 Å². The highest BCUT2D eigenvalue weighted by molar-refractivity contribution is 7.80. The first-order chi connectivity index (χ1) is 9.00. The Labute approximate surface area is 126 Å². The molecule has 11 heteroatoms. The molecule has 0 saturated carbocycles. The third-order valence-corrected chi connectivity index (χ3v) is 2.09. The normalized spacial score (nSPS) is 11.6. The number of hydrogen-bond acceptors (Lipinski definition) is 8. The van der Waals surface area contributed by atoms with Gasteiger partial charge in [0.05, 0.1) is 0 Å². The summed E-state index contributed by atoms with van der Waals surface area (Å²) in [5, 5.41) is 23.8. The molecule has 0 heterocycles. The van der Waals surface area contributed by atoms with Crippen molar-refractivity contribution >= 4 is 43.2 Å². The Balaban J connectivity index is -0.000000218. The number of rotatable bonds is 5. The molecule has 0 aliphatic rings. The molecule has 0 unspecified atom stereocenters. The summed E-state index contributed by atoms with van der Waals surface area (Å²) in [6.07, 6.45) is 0. The molecule has 0 fully saturated rings. The van der Waals surface area contributed by atoms with Gasteiger partial charge in [-0.15, -0.1) is 0 Å². The fraction of sp³-hybridized carbons (Fsp3) is 0.444. The number of aliphatic carboxylic acids is 3. The van der Waals surface area contributed by atoms with Crippen LogP contribution in [0.2, 0.25) is 0 Å². The van der Waals surface area contributed by atoms with Crippen LogP contribution in [0, 0.1) is 0 Å². The van der Waals surface area contributed by atoms with Crippen molar-refractivity contribution in [1.29, 1.82) is 0 Å².